The first kappa shape index (κ1) is 24.2. The van der Waals surface area contributed by atoms with E-state index in [1.807, 2.05) is 13.8 Å². The minimum atomic E-state index is -4.85. The van der Waals surface area contributed by atoms with Crippen LogP contribution in [0.4, 0.5) is 0 Å². The second kappa shape index (κ2) is 11.8. The molecule has 0 fully saturated rings. The van der Waals surface area contributed by atoms with E-state index in [1.165, 1.54) is 13.8 Å². The van der Waals surface area contributed by atoms with Crippen LogP contribution in [0.2, 0.25) is 0 Å². The third-order valence-electron chi connectivity index (χ3n) is 3.34. The van der Waals surface area contributed by atoms with Crippen molar-refractivity contribution in [3.8, 4) is 0 Å². The molecule has 0 saturated carbocycles. The highest BCUT2D eigenvalue weighted by Gasteiger charge is 2.42. The van der Waals surface area contributed by atoms with E-state index in [4.69, 9.17) is 18.7 Å². The maximum absolute atomic E-state index is 11.6. The van der Waals surface area contributed by atoms with E-state index in [-0.39, 0.29) is 5.57 Å². The van der Waals surface area contributed by atoms with Crippen LogP contribution in [-0.4, -0.2) is 47.5 Å². The minimum Gasteiger partial charge on any atom is -0.459 e. The Hall–Kier alpha value is -0.760. The van der Waals surface area contributed by atoms with Crippen LogP contribution < -0.4 is 0 Å². The van der Waals surface area contributed by atoms with Gasteiger partial charge in [0.1, 0.15) is 6.61 Å². The Morgan fingerprint density at radius 3 is 2.00 bits per heavy atom. The Balaban J connectivity index is 5.27. The topological polar surface area (TPSA) is 112 Å². The van der Waals surface area contributed by atoms with Gasteiger partial charge in [-0.3, -0.25) is 4.52 Å². The lowest BCUT2D eigenvalue weighted by Crippen LogP contribution is -2.49. The van der Waals surface area contributed by atoms with Gasteiger partial charge in [0.15, 0.2) is 11.9 Å². The lowest BCUT2D eigenvalue weighted by Gasteiger charge is -2.36. The maximum atomic E-state index is 11.6. The van der Waals surface area contributed by atoms with Gasteiger partial charge in [-0.25, -0.2) is 9.36 Å². The third-order valence-corrected chi connectivity index (χ3v) is 3.87. The van der Waals surface area contributed by atoms with Gasteiger partial charge in [0, 0.05) is 5.57 Å². The highest BCUT2D eigenvalue weighted by Crippen LogP contribution is 2.41. The van der Waals surface area contributed by atoms with Crippen LogP contribution in [0, 0.1) is 0 Å². The molecule has 0 spiro atoms. The minimum absolute atomic E-state index is 0.162. The second-order valence-electron chi connectivity index (χ2n) is 5.88. The number of unbranched alkanes of at least 4 members (excludes halogenated alkanes) is 2. The van der Waals surface area contributed by atoms with Crippen molar-refractivity contribution in [1.29, 1.82) is 0 Å². The summed E-state index contributed by atoms with van der Waals surface area (Å²) in [5.74, 6) is -2.16. The van der Waals surface area contributed by atoms with E-state index in [2.05, 4.69) is 6.58 Å². The molecule has 0 aliphatic rings. The summed E-state index contributed by atoms with van der Waals surface area (Å²) in [6.45, 7) is 10.6. The average molecular weight is 382 g/mol. The van der Waals surface area contributed by atoms with Gasteiger partial charge in [-0.05, 0) is 26.7 Å². The van der Waals surface area contributed by atoms with Crippen LogP contribution in [0.3, 0.4) is 0 Å². The summed E-state index contributed by atoms with van der Waals surface area (Å²) < 4.78 is 32.6. The molecule has 0 radical (unpaired) electrons. The van der Waals surface area contributed by atoms with E-state index < -0.39 is 32.3 Å². The molecular formula is C16H31O8P. The summed E-state index contributed by atoms with van der Waals surface area (Å²) in [7, 11) is -4.85. The predicted molar refractivity (Wildman–Crippen MR) is 92.8 cm³/mol. The summed E-state index contributed by atoms with van der Waals surface area (Å²) in [5, 5.41) is 0. The molecule has 0 saturated heterocycles. The lowest BCUT2D eigenvalue weighted by molar-refractivity contribution is -0.275. The fourth-order valence-electron chi connectivity index (χ4n) is 1.78. The lowest BCUT2D eigenvalue weighted by atomic mass is 10.1. The molecule has 0 aromatic heterocycles. The first-order valence-electron chi connectivity index (χ1n) is 8.40. The number of rotatable bonds is 14. The van der Waals surface area contributed by atoms with Crippen molar-refractivity contribution in [2.45, 2.75) is 65.3 Å². The van der Waals surface area contributed by atoms with Crippen LogP contribution in [0.25, 0.3) is 0 Å². The Morgan fingerprint density at radius 1 is 1.16 bits per heavy atom. The Kier molecular flexibility index (Phi) is 11.4. The first-order chi connectivity index (χ1) is 11.6. The molecule has 0 aromatic carbocycles. The monoisotopic (exact) mass is 382 g/mol. The highest BCUT2D eigenvalue weighted by atomic mass is 31.2. The zero-order valence-corrected chi connectivity index (χ0v) is 16.4. The van der Waals surface area contributed by atoms with Gasteiger partial charge in [-0.1, -0.05) is 33.3 Å². The van der Waals surface area contributed by atoms with Crippen molar-refractivity contribution in [3.63, 3.8) is 0 Å². The van der Waals surface area contributed by atoms with E-state index >= 15 is 0 Å². The van der Waals surface area contributed by atoms with Crippen LogP contribution in [-0.2, 0) is 28.1 Å². The fraction of sp³-hybridized carbons (Fsp3) is 0.812. The maximum Gasteiger partial charge on any atom is 0.470 e. The van der Waals surface area contributed by atoms with Gasteiger partial charge < -0.3 is 24.0 Å². The summed E-state index contributed by atoms with van der Waals surface area (Å²) in [6, 6.07) is 0. The van der Waals surface area contributed by atoms with Crippen molar-refractivity contribution in [2.24, 2.45) is 0 Å². The van der Waals surface area contributed by atoms with Gasteiger partial charge in [0.05, 0.1) is 13.2 Å². The van der Waals surface area contributed by atoms with Crippen molar-refractivity contribution in [1.82, 2.24) is 0 Å². The van der Waals surface area contributed by atoms with E-state index in [0.717, 1.165) is 25.7 Å². The average Bonchev–Trinajstić information content (AvgIpc) is 2.50. The van der Waals surface area contributed by atoms with E-state index in [9.17, 15) is 19.1 Å². The van der Waals surface area contributed by atoms with Crippen LogP contribution >= 0.6 is 7.82 Å². The standard InChI is InChI=1S/C16H31O8P/c1-6-8-10-22-16(5,23-11-9-7-2)14(24-25(18,19)20)12-21-15(17)13(3)4/h14H,3,6-12H2,1-2,4-5H3,(H2,18,19,20). The smallest absolute Gasteiger partial charge is 0.459 e. The van der Waals surface area contributed by atoms with Crippen LogP contribution in [0.1, 0.15) is 53.4 Å². The predicted octanol–water partition coefficient (Wildman–Crippen LogP) is 2.93. The summed E-state index contributed by atoms with van der Waals surface area (Å²) in [4.78, 5) is 30.0. The number of ether oxygens (including phenoxy) is 3. The number of hydrogen-bond acceptors (Lipinski definition) is 6. The summed E-state index contributed by atoms with van der Waals surface area (Å²) in [5.41, 5.74) is 0.162. The molecule has 0 aliphatic carbocycles. The molecule has 8 nitrogen and oxygen atoms in total. The summed E-state index contributed by atoms with van der Waals surface area (Å²) >= 11 is 0. The third kappa shape index (κ3) is 10.7. The normalized spacial score (nSPS) is 13.5. The number of carbonyl (C=O) groups is 1. The molecule has 9 heteroatoms. The molecule has 1 unspecified atom stereocenters. The van der Waals surface area contributed by atoms with Crippen LogP contribution in [0.5, 0.6) is 0 Å². The van der Waals surface area contributed by atoms with Gasteiger partial charge in [0.25, 0.3) is 0 Å². The van der Waals surface area contributed by atoms with Crippen molar-refractivity contribution >= 4 is 13.8 Å². The van der Waals surface area contributed by atoms with E-state index in [0.29, 0.717) is 13.2 Å². The number of hydrogen-bond donors (Lipinski definition) is 2. The van der Waals surface area contributed by atoms with Crippen LogP contribution in [0.15, 0.2) is 12.2 Å². The SMILES string of the molecule is C=C(C)C(=O)OCC(OP(=O)(O)O)C(C)(OCCCC)OCCCC. The molecule has 25 heavy (non-hydrogen) atoms. The number of phosphoric ester groups is 1. The molecule has 0 aromatic rings. The second-order valence-corrected chi connectivity index (χ2v) is 7.08. The Morgan fingerprint density at radius 2 is 1.64 bits per heavy atom. The summed E-state index contributed by atoms with van der Waals surface area (Å²) in [6.07, 6.45) is 1.92. The molecule has 148 valence electrons. The zero-order valence-electron chi connectivity index (χ0n) is 15.5. The highest BCUT2D eigenvalue weighted by molar-refractivity contribution is 7.46. The van der Waals surface area contributed by atoms with Gasteiger partial charge in [-0.15, -0.1) is 0 Å². The Bertz CT molecular complexity index is 449. The van der Waals surface area contributed by atoms with Gasteiger partial charge in [-0.2, -0.15) is 0 Å². The molecule has 0 bridgehead atoms. The molecule has 0 aliphatic heterocycles. The van der Waals surface area contributed by atoms with E-state index in [1.54, 1.807) is 0 Å². The van der Waals surface area contributed by atoms with Crippen molar-refractivity contribution in [2.75, 3.05) is 19.8 Å². The number of carbonyl (C=O) groups excluding carboxylic acids is 1. The Labute approximate surface area is 149 Å². The van der Waals surface area contributed by atoms with Gasteiger partial charge >= 0.3 is 13.8 Å². The number of phosphoric acid groups is 1. The molecule has 0 rings (SSSR count). The molecule has 0 heterocycles. The number of esters is 1. The molecule has 1 atom stereocenters. The fourth-order valence-corrected chi connectivity index (χ4v) is 2.37. The largest absolute Gasteiger partial charge is 0.470 e. The molecule has 0 amide bonds. The van der Waals surface area contributed by atoms with Gasteiger partial charge in [0.2, 0.25) is 0 Å². The van der Waals surface area contributed by atoms with Crippen molar-refractivity contribution in [3.05, 3.63) is 12.2 Å². The quantitative estimate of drug-likeness (QED) is 0.155. The molecular weight excluding hydrogens is 351 g/mol. The molecule has 2 N–H and O–H groups in total. The van der Waals surface area contributed by atoms with Crippen molar-refractivity contribution < 1.29 is 37.9 Å². The first-order valence-corrected chi connectivity index (χ1v) is 9.93. The zero-order chi connectivity index (χ0) is 19.5.